The summed E-state index contributed by atoms with van der Waals surface area (Å²) in [5.74, 6) is 1.57. The average molecular weight is 433 g/mol. The Labute approximate surface area is 125 Å². The van der Waals surface area contributed by atoms with Crippen LogP contribution in [0.1, 0.15) is 43.4 Å². The summed E-state index contributed by atoms with van der Waals surface area (Å²) in [6.07, 6.45) is 4.58. The first-order valence-corrected chi connectivity index (χ1v) is 7.82. The monoisotopic (exact) mass is 430 g/mol. The highest BCUT2D eigenvalue weighted by Gasteiger charge is 2.31. The maximum absolute atomic E-state index is 5.65. The predicted octanol–water partition coefficient (Wildman–Crippen LogP) is 4.04. The van der Waals surface area contributed by atoms with E-state index in [-0.39, 0.29) is 0 Å². The van der Waals surface area contributed by atoms with Gasteiger partial charge in [0.1, 0.15) is 0 Å². The summed E-state index contributed by atoms with van der Waals surface area (Å²) in [5, 5.41) is 8.12. The molecule has 4 nitrogen and oxygen atoms in total. The van der Waals surface area contributed by atoms with Gasteiger partial charge in [0.2, 0.25) is 8.03 Å². The van der Waals surface area contributed by atoms with Gasteiger partial charge in [0.05, 0.1) is 6.10 Å². The Morgan fingerprint density at radius 1 is 1.18 bits per heavy atom. The second-order valence-electron chi connectivity index (χ2n) is 4.15. The number of methoxy groups -OCH3 is 1. The largest absolute Gasteiger partial charge is 0.422 e. The Morgan fingerprint density at radius 3 is 2.29 bits per heavy atom. The SMILES string of the molecule is COC1CCC(c2nnc(C(Br)(Br)Br)o2)CC1. The summed E-state index contributed by atoms with van der Waals surface area (Å²) in [5.41, 5.74) is 0. The van der Waals surface area contributed by atoms with Crippen LogP contribution in [0.5, 0.6) is 0 Å². The second-order valence-corrected chi connectivity index (χ2v) is 10.9. The molecule has 0 aromatic carbocycles. The topological polar surface area (TPSA) is 48.2 Å². The third kappa shape index (κ3) is 3.52. The number of alkyl halides is 3. The van der Waals surface area contributed by atoms with E-state index in [2.05, 4.69) is 58.0 Å². The number of nitrogens with zero attached hydrogens (tertiary/aromatic N) is 2. The fourth-order valence-electron chi connectivity index (χ4n) is 2.06. The highest BCUT2D eigenvalue weighted by molar-refractivity contribution is 9.38. The van der Waals surface area contributed by atoms with Crippen molar-refractivity contribution in [3.8, 4) is 0 Å². The molecule has 0 radical (unpaired) electrons. The van der Waals surface area contributed by atoms with Crippen LogP contribution in [0.2, 0.25) is 0 Å². The van der Waals surface area contributed by atoms with Gasteiger partial charge in [0, 0.05) is 13.0 Å². The summed E-state index contributed by atoms with van der Waals surface area (Å²) < 4.78 is 10.4. The molecule has 2 rings (SSSR count). The van der Waals surface area contributed by atoms with Gasteiger partial charge in [0.25, 0.3) is 5.89 Å². The fourth-order valence-corrected chi connectivity index (χ4v) is 2.54. The zero-order valence-corrected chi connectivity index (χ0v) is 14.1. The fraction of sp³-hybridized carbons (Fsp3) is 0.800. The lowest BCUT2D eigenvalue weighted by Crippen LogP contribution is -2.19. The summed E-state index contributed by atoms with van der Waals surface area (Å²) >= 11 is 10.1. The van der Waals surface area contributed by atoms with E-state index in [1.807, 2.05) is 0 Å². The van der Waals surface area contributed by atoms with Crippen LogP contribution >= 0.6 is 47.8 Å². The van der Waals surface area contributed by atoms with Gasteiger partial charge in [-0.1, -0.05) is 0 Å². The van der Waals surface area contributed by atoms with Gasteiger partial charge in [-0.05, 0) is 73.5 Å². The van der Waals surface area contributed by atoms with Crippen LogP contribution in [0, 0.1) is 0 Å². The van der Waals surface area contributed by atoms with Crippen molar-refractivity contribution in [1.29, 1.82) is 0 Å². The lowest BCUT2D eigenvalue weighted by molar-refractivity contribution is 0.0632. The number of ether oxygens (including phenoxy) is 1. The minimum atomic E-state index is -0.623. The first kappa shape index (κ1) is 14.0. The zero-order valence-electron chi connectivity index (χ0n) is 9.33. The zero-order chi connectivity index (χ0) is 12.5. The van der Waals surface area contributed by atoms with Crippen molar-refractivity contribution in [2.75, 3.05) is 7.11 Å². The average Bonchev–Trinajstić information content (AvgIpc) is 2.78. The minimum Gasteiger partial charge on any atom is -0.422 e. The van der Waals surface area contributed by atoms with Crippen molar-refractivity contribution in [2.24, 2.45) is 0 Å². The van der Waals surface area contributed by atoms with Crippen LogP contribution < -0.4 is 0 Å². The summed E-state index contributed by atoms with van der Waals surface area (Å²) in [6.45, 7) is 0. The molecule has 0 unspecified atom stereocenters. The van der Waals surface area contributed by atoms with Crippen molar-refractivity contribution in [2.45, 2.75) is 39.8 Å². The molecule has 1 aromatic heterocycles. The molecule has 7 heteroatoms. The first-order chi connectivity index (χ1) is 8.00. The first-order valence-electron chi connectivity index (χ1n) is 5.44. The molecule has 0 bridgehead atoms. The van der Waals surface area contributed by atoms with E-state index in [9.17, 15) is 0 Å². The molecule has 1 aliphatic carbocycles. The Kier molecular flexibility index (Phi) is 4.66. The third-order valence-electron chi connectivity index (χ3n) is 3.04. The molecular formula is C10H13Br3N2O2. The highest BCUT2D eigenvalue weighted by Crippen LogP contribution is 2.44. The van der Waals surface area contributed by atoms with Crippen molar-refractivity contribution in [3.05, 3.63) is 11.8 Å². The van der Waals surface area contributed by atoms with E-state index in [0.717, 1.165) is 31.6 Å². The van der Waals surface area contributed by atoms with Crippen LogP contribution in [0.3, 0.4) is 0 Å². The second kappa shape index (κ2) is 5.67. The lowest BCUT2D eigenvalue weighted by Gasteiger charge is -2.25. The molecule has 1 saturated carbocycles. The maximum atomic E-state index is 5.65. The van der Waals surface area contributed by atoms with Crippen LogP contribution in [-0.2, 0) is 6.88 Å². The van der Waals surface area contributed by atoms with E-state index < -0.39 is 2.14 Å². The van der Waals surface area contributed by atoms with Gasteiger partial charge in [-0.2, -0.15) is 0 Å². The Hall–Kier alpha value is 0.540. The Bertz CT molecular complexity index is 370. The van der Waals surface area contributed by atoms with Gasteiger partial charge < -0.3 is 9.15 Å². The number of rotatable bonds is 2. The highest BCUT2D eigenvalue weighted by atomic mass is 80.0. The van der Waals surface area contributed by atoms with Crippen molar-refractivity contribution < 1.29 is 9.15 Å². The van der Waals surface area contributed by atoms with E-state index in [4.69, 9.17) is 9.15 Å². The minimum absolute atomic E-state index is 0.359. The van der Waals surface area contributed by atoms with Crippen LogP contribution in [-0.4, -0.2) is 23.4 Å². The van der Waals surface area contributed by atoms with Crippen molar-refractivity contribution >= 4 is 47.8 Å². The molecule has 0 amide bonds. The maximum Gasteiger partial charge on any atom is 0.254 e. The van der Waals surface area contributed by atoms with Gasteiger partial charge in [-0.25, -0.2) is 0 Å². The molecule has 1 aliphatic rings. The van der Waals surface area contributed by atoms with E-state index in [1.54, 1.807) is 7.11 Å². The molecule has 0 spiro atoms. The van der Waals surface area contributed by atoms with E-state index in [0.29, 0.717) is 17.9 Å². The van der Waals surface area contributed by atoms with Crippen molar-refractivity contribution in [1.82, 2.24) is 10.2 Å². The van der Waals surface area contributed by atoms with Gasteiger partial charge >= 0.3 is 0 Å². The Morgan fingerprint density at radius 2 is 1.82 bits per heavy atom. The molecule has 1 heterocycles. The standard InChI is InChI=1S/C10H13Br3N2O2/c1-16-7-4-2-6(3-5-7)8-14-15-9(17-8)10(11,12)13/h6-7H,2-5H2,1H3. The predicted molar refractivity (Wildman–Crippen MR) is 74.8 cm³/mol. The number of halogens is 3. The van der Waals surface area contributed by atoms with Gasteiger partial charge in [-0.15, -0.1) is 10.2 Å². The molecule has 1 aromatic rings. The number of hydrogen-bond donors (Lipinski definition) is 0. The molecule has 96 valence electrons. The Balaban J connectivity index is 2.02. The number of hydrogen-bond acceptors (Lipinski definition) is 4. The van der Waals surface area contributed by atoms with Crippen LogP contribution in [0.15, 0.2) is 4.42 Å². The van der Waals surface area contributed by atoms with E-state index >= 15 is 0 Å². The molecular weight excluding hydrogens is 420 g/mol. The molecule has 0 aliphatic heterocycles. The van der Waals surface area contributed by atoms with Gasteiger partial charge in [0.15, 0.2) is 0 Å². The van der Waals surface area contributed by atoms with Gasteiger partial charge in [-0.3, -0.25) is 0 Å². The summed E-state index contributed by atoms with van der Waals surface area (Å²) in [4.78, 5) is 0. The number of aromatic nitrogens is 2. The quantitative estimate of drug-likeness (QED) is 0.662. The normalized spacial score (nSPS) is 26.1. The van der Waals surface area contributed by atoms with E-state index in [1.165, 1.54) is 0 Å². The van der Waals surface area contributed by atoms with Crippen LogP contribution in [0.4, 0.5) is 0 Å². The smallest absolute Gasteiger partial charge is 0.254 e. The molecule has 0 N–H and O–H groups in total. The molecule has 17 heavy (non-hydrogen) atoms. The lowest BCUT2D eigenvalue weighted by atomic mass is 9.87. The molecule has 0 atom stereocenters. The third-order valence-corrected chi connectivity index (χ3v) is 4.06. The summed E-state index contributed by atoms with van der Waals surface area (Å²) in [6, 6.07) is 0. The van der Waals surface area contributed by atoms with Crippen LogP contribution in [0.25, 0.3) is 0 Å². The van der Waals surface area contributed by atoms with Crippen molar-refractivity contribution in [3.63, 3.8) is 0 Å². The molecule has 0 saturated heterocycles. The molecule has 1 fully saturated rings. The summed E-state index contributed by atoms with van der Waals surface area (Å²) in [7, 11) is 1.77.